The van der Waals surface area contributed by atoms with Gasteiger partial charge in [-0.3, -0.25) is 4.79 Å². The maximum atomic E-state index is 12.2. The van der Waals surface area contributed by atoms with E-state index in [1.54, 1.807) is 36.4 Å². The normalized spacial score (nSPS) is 10.9. The van der Waals surface area contributed by atoms with Crippen molar-refractivity contribution in [2.75, 3.05) is 20.8 Å². The molecule has 0 atom stereocenters. The topological polar surface area (TPSA) is 89.4 Å². The Kier molecular flexibility index (Phi) is 7.68. The molecule has 0 saturated heterocycles. The van der Waals surface area contributed by atoms with E-state index in [2.05, 4.69) is 24.4 Å². The second kappa shape index (κ2) is 10.2. The summed E-state index contributed by atoms with van der Waals surface area (Å²) < 4.78 is 15.8. The minimum absolute atomic E-state index is 0.0955. The van der Waals surface area contributed by atoms with E-state index >= 15 is 0 Å². The van der Waals surface area contributed by atoms with Crippen LogP contribution < -0.4 is 19.6 Å². The Morgan fingerprint density at radius 3 is 2.29 bits per heavy atom. The molecule has 0 heterocycles. The quantitative estimate of drug-likeness (QED) is 0.508. The average molecular weight is 386 g/mol. The van der Waals surface area contributed by atoms with Gasteiger partial charge in [0.25, 0.3) is 5.91 Å². The van der Waals surface area contributed by atoms with Crippen LogP contribution in [0.3, 0.4) is 0 Å². The molecule has 2 aromatic carbocycles. The Morgan fingerprint density at radius 2 is 1.75 bits per heavy atom. The highest BCUT2D eigenvalue weighted by molar-refractivity contribution is 5.95. The van der Waals surface area contributed by atoms with Crippen molar-refractivity contribution in [1.29, 1.82) is 0 Å². The number of phenols is 1. The lowest BCUT2D eigenvalue weighted by molar-refractivity contribution is 0.0955. The summed E-state index contributed by atoms with van der Waals surface area (Å²) in [6.07, 6.45) is 2.41. The van der Waals surface area contributed by atoms with Gasteiger partial charge in [-0.05, 0) is 48.7 Å². The molecule has 0 aliphatic carbocycles. The summed E-state index contributed by atoms with van der Waals surface area (Å²) in [5, 5.41) is 13.8. The lowest BCUT2D eigenvalue weighted by Gasteiger charge is -2.09. The zero-order chi connectivity index (χ0) is 20.5. The standard InChI is InChI=1S/C21H26N2O5/c1-14(2)9-10-28-17-7-5-16(6-8-17)21(25)23-22-13-15-11-18(26-3)20(24)19(12-15)27-4/h5-8,11-14,24H,9-10H2,1-4H3,(H,23,25)/b22-13+. The Balaban J connectivity index is 1.96. The summed E-state index contributed by atoms with van der Waals surface area (Å²) in [6, 6.07) is 10.0. The summed E-state index contributed by atoms with van der Waals surface area (Å²) in [6.45, 7) is 4.93. The number of methoxy groups -OCH3 is 2. The molecule has 7 nitrogen and oxygen atoms in total. The number of amides is 1. The van der Waals surface area contributed by atoms with Crippen molar-refractivity contribution < 1.29 is 24.1 Å². The predicted molar refractivity (Wildman–Crippen MR) is 108 cm³/mol. The predicted octanol–water partition coefficient (Wildman–Crippen LogP) is 3.60. The number of carbonyl (C=O) groups excluding carboxylic acids is 1. The monoisotopic (exact) mass is 386 g/mol. The maximum absolute atomic E-state index is 12.2. The Labute approximate surface area is 164 Å². The van der Waals surface area contributed by atoms with E-state index in [0.29, 0.717) is 23.7 Å². The molecule has 1 amide bonds. The fourth-order valence-electron chi connectivity index (χ4n) is 2.33. The van der Waals surface area contributed by atoms with E-state index in [0.717, 1.165) is 12.2 Å². The van der Waals surface area contributed by atoms with Crippen LogP contribution >= 0.6 is 0 Å². The van der Waals surface area contributed by atoms with E-state index in [4.69, 9.17) is 14.2 Å². The first-order chi connectivity index (χ1) is 13.4. The molecule has 0 saturated carbocycles. The van der Waals surface area contributed by atoms with Crippen LogP contribution in [0.1, 0.15) is 36.2 Å². The van der Waals surface area contributed by atoms with Crippen molar-refractivity contribution >= 4 is 12.1 Å². The highest BCUT2D eigenvalue weighted by atomic mass is 16.5. The number of benzene rings is 2. The summed E-state index contributed by atoms with van der Waals surface area (Å²) in [5.41, 5.74) is 3.52. The van der Waals surface area contributed by atoms with Crippen molar-refractivity contribution in [2.45, 2.75) is 20.3 Å². The molecule has 7 heteroatoms. The van der Waals surface area contributed by atoms with E-state index < -0.39 is 0 Å². The van der Waals surface area contributed by atoms with Crippen LogP contribution in [0, 0.1) is 5.92 Å². The van der Waals surface area contributed by atoms with Crippen molar-refractivity contribution in [3.05, 3.63) is 47.5 Å². The third-order valence-corrected chi connectivity index (χ3v) is 3.96. The fourth-order valence-corrected chi connectivity index (χ4v) is 2.33. The minimum Gasteiger partial charge on any atom is -0.502 e. The first-order valence-electron chi connectivity index (χ1n) is 8.95. The van der Waals surface area contributed by atoms with Crippen LogP contribution in [0.5, 0.6) is 23.0 Å². The van der Waals surface area contributed by atoms with Crippen LogP contribution in [-0.4, -0.2) is 38.1 Å². The van der Waals surface area contributed by atoms with Crippen LogP contribution in [0.2, 0.25) is 0 Å². The Bertz CT molecular complexity index is 791. The van der Waals surface area contributed by atoms with Gasteiger partial charge in [0.05, 0.1) is 27.0 Å². The van der Waals surface area contributed by atoms with Gasteiger partial charge in [0, 0.05) is 11.1 Å². The minimum atomic E-state index is -0.345. The number of hydrogen-bond donors (Lipinski definition) is 2. The van der Waals surface area contributed by atoms with E-state index in [9.17, 15) is 9.90 Å². The van der Waals surface area contributed by atoms with E-state index in [1.807, 2.05) is 0 Å². The first kappa shape index (κ1) is 21.1. The number of aromatic hydroxyl groups is 1. The Morgan fingerprint density at radius 1 is 1.14 bits per heavy atom. The molecule has 2 rings (SSSR count). The van der Waals surface area contributed by atoms with E-state index in [1.165, 1.54) is 20.4 Å². The van der Waals surface area contributed by atoms with Gasteiger partial charge in [0.15, 0.2) is 11.5 Å². The molecular formula is C21H26N2O5. The molecule has 150 valence electrons. The lowest BCUT2D eigenvalue weighted by Crippen LogP contribution is -2.17. The van der Waals surface area contributed by atoms with Gasteiger partial charge in [-0.2, -0.15) is 5.10 Å². The van der Waals surface area contributed by atoms with Gasteiger partial charge in [-0.1, -0.05) is 13.8 Å². The molecule has 0 aliphatic heterocycles. The van der Waals surface area contributed by atoms with Crippen molar-refractivity contribution in [3.63, 3.8) is 0 Å². The van der Waals surface area contributed by atoms with Gasteiger partial charge < -0.3 is 19.3 Å². The second-order valence-corrected chi connectivity index (χ2v) is 6.53. The summed E-state index contributed by atoms with van der Waals surface area (Å²) in [5.74, 6) is 1.37. The molecule has 28 heavy (non-hydrogen) atoms. The SMILES string of the molecule is COc1cc(/C=N/NC(=O)c2ccc(OCCC(C)C)cc2)cc(OC)c1O. The summed E-state index contributed by atoms with van der Waals surface area (Å²) in [4.78, 5) is 12.2. The van der Waals surface area contributed by atoms with Crippen LogP contribution in [-0.2, 0) is 0 Å². The largest absolute Gasteiger partial charge is 0.502 e. The summed E-state index contributed by atoms with van der Waals surface area (Å²) >= 11 is 0. The van der Waals surface area contributed by atoms with Gasteiger partial charge in [-0.25, -0.2) is 5.43 Å². The second-order valence-electron chi connectivity index (χ2n) is 6.53. The molecular weight excluding hydrogens is 360 g/mol. The number of hydrogen-bond acceptors (Lipinski definition) is 6. The van der Waals surface area contributed by atoms with Crippen LogP contribution in [0.4, 0.5) is 0 Å². The van der Waals surface area contributed by atoms with Crippen LogP contribution in [0.25, 0.3) is 0 Å². The molecule has 2 N–H and O–H groups in total. The van der Waals surface area contributed by atoms with Gasteiger partial charge in [0.2, 0.25) is 5.75 Å². The average Bonchev–Trinajstić information content (AvgIpc) is 2.69. The third-order valence-electron chi connectivity index (χ3n) is 3.96. The lowest BCUT2D eigenvalue weighted by atomic mass is 10.1. The Hall–Kier alpha value is -3.22. The zero-order valence-electron chi connectivity index (χ0n) is 16.6. The van der Waals surface area contributed by atoms with Crippen molar-refractivity contribution in [3.8, 4) is 23.0 Å². The molecule has 0 bridgehead atoms. The fraction of sp³-hybridized carbons (Fsp3) is 0.333. The molecule has 2 aromatic rings. The number of nitrogens with one attached hydrogen (secondary N) is 1. The van der Waals surface area contributed by atoms with Crippen molar-refractivity contribution in [1.82, 2.24) is 5.43 Å². The molecule has 0 aliphatic rings. The van der Waals surface area contributed by atoms with Gasteiger partial charge in [-0.15, -0.1) is 0 Å². The van der Waals surface area contributed by atoms with Crippen molar-refractivity contribution in [2.24, 2.45) is 11.0 Å². The first-order valence-corrected chi connectivity index (χ1v) is 8.95. The molecule has 0 fully saturated rings. The number of phenolic OH excluding ortho intramolecular Hbond substituents is 1. The summed E-state index contributed by atoms with van der Waals surface area (Å²) in [7, 11) is 2.88. The number of carbonyl (C=O) groups is 1. The molecule has 0 radical (unpaired) electrons. The number of nitrogens with zero attached hydrogens (tertiary/aromatic N) is 1. The molecule has 0 spiro atoms. The van der Waals surface area contributed by atoms with E-state index in [-0.39, 0.29) is 23.2 Å². The molecule has 0 unspecified atom stereocenters. The van der Waals surface area contributed by atoms with Gasteiger partial charge >= 0.3 is 0 Å². The highest BCUT2D eigenvalue weighted by Crippen LogP contribution is 2.36. The number of ether oxygens (including phenoxy) is 3. The zero-order valence-corrected chi connectivity index (χ0v) is 16.6. The molecule has 0 aromatic heterocycles. The third kappa shape index (κ3) is 5.90. The number of hydrazone groups is 1. The number of rotatable bonds is 9. The smallest absolute Gasteiger partial charge is 0.271 e. The highest BCUT2D eigenvalue weighted by Gasteiger charge is 2.10. The maximum Gasteiger partial charge on any atom is 0.271 e. The van der Waals surface area contributed by atoms with Gasteiger partial charge in [0.1, 0.15) is 5.75 Å². The van der Waals surface area contributed by atoms with Crippen LogP contribution in [0.15, 0.2) is 41.5 Å².